The molecule has 1 heterocycles. The summed E-state index contributed by atoms with van der Waals surface area (Å²) < 4.78 is 34.4. The van der Waals surface area contributed by atoms with Crippen molar-refractivity contribution in [1.82, 2.24) is 13.8 Å². The Morgan fingerprint density at radius 1 is 1.13 bits per heavy atom. The predicted octanol–water partition coefficient (Wildman–Crippen LogP) is 4.77. The minimum Gasteiger partial charge on any atom is -0.497 e. The van der Waals surface area contributed by atoms with Crippen molar-refractivity contribution in [2.24, 2.45) is 0 Å². The average Bonchev–Trinajstić information content (AvgIpc) is 2.98. The van der Waals surface area contributed by atoms with Gasteiger partial charge < -0.3 is 14.5 Å². The fourth-order valence-corrected chi connectivity index (χ4v) is 6.01. The van der Waals surface area contributed by atoms with Crippen LogP contribution >= 0.6 is 27.5 Å². The van der Waals surface area contributed by atoms with Gasteiger partial charge in [0.2, 0.25) is 0 Å². The lowest BCUT2D eigenvalue weighted by molar-refractivity contribution is 0.414. The number of para-hydroxylation sites is 1. The van der Waals surface area contributed by atoms with Gasteiger partial charge in [0, 0.05) is 43.4 Å². The fraction of sp³-hybridized carbons (Fsp3) is 0.238. The van der Waals surface area contributed by atoms with Gasteiger partial charge in [-0.25, -0.2) is 12.4 Å². The van der Waals surface area contributed by atoms with Gasteiger partial charge in [-0.15, -0.1) is 0 Å². The number of halogens is 2. The first kappa shape index (κ1) is 22.5. The first-order valence-corrected chi connectivity index (χ1v) is 11.7. The van der Waals surface area contributed by atoms with Crippen LogP contribution in [0.5, 0.6) is 5.75 Å². The number of hydrogen-bond donors (Lipinski definition) is 0. The van der Waals surface area contributed by atoms with Gasteiger partial charge in [-0.3, -0.25) is 0 Å². The van der Waals surface area contributed by atoms with Crippen LogP contribution in [0.1, 0.15) is 5.69 Å². The van der Waals surface area contributed by atoms with Crippen LogP contribution in [0.15, 0.2) is 64.2 Å². The summed E-state index contributed by atoms with van der Waals surface area (Å²) in [7, 11) is 3.30. The van der Waals surface area contributed by atoms with Crippen LogP contribution in [0, 0.1) is 0 Å². The third-order valence-electron chi connectivity index (χ3n) is 4.53. The molecule has 0 spiro atoms. The number of rotatable bonds is 7. The van der Waals surface area contributed by atoms with Crippen molar-refractivity contribution < 1.29 is 13.2 Å². The Bertz CT molecular complexity index is 1210. The lowest BCUT2D eigenvalue weighted by Crippen LogP contribution is -2.21. The van der Waals surface area contributed by atoms with E-state index in [0.717, 1.165) is 0 Å². The molecule has 0 saturated carbocycles. The van der Waals surface area contributed by atoms with Crippen LogP contribution in [-0.2, 0) is 16.6 Å². The smallest absolute Gasteiger partial charge is 0.269 e. The van der Waals surface area contributed by atoms with Crippen molar-refractivity contribution >= 4 is 48.5 Å². The van der Waals surface area contributed by atoms with Crippen molar-refractivity contribution in [2.75, 3.05) is 28.3 Å². The summed E-state index contributed by atoms with van der Waals surface area (Å²) in [5.74, 6) is 0.560. The summed E-state index contributed by atoms with van der Waals surface area (Å²) in [6.07, 6.45) is 3.75. The number of fused-ring (bicyclic) bond motifs is 1. The molecule has 0 N–H and O–H groups in total. The topological polar surface area (TPSA) is 54.8 Å². The summed E-state index contributed by atoms with van der Waals surface area (Å²) >= 11 is 10.0. The molecular weight excluding hydrogens is 490 g/mol. The van der Waals surface area contributed by atoms with E-state index in [1.807, 2.05) is 55.5 Å². The van der Waals surface area contributed by atoms with E-state index in [-0.39, 0.29) is 4.90 Å². The van der Waals surface area contributed by atoms with E-state index in [9.17, 15) is 8.42 Å². The molecule has 0 fully saturated rings. The van der Waals surface area contributed by atoms with Crippen LogP contribution < -0.4 is 4.74 Å². The molecule has 0 atom stereocenters. The Balaban J connectivity index is 2.21. The molecule has 0 radical (unpaired) electrons. The van der Waals surface area contributed by atoms with Gasteiger partial charge in [-0.05, 0) is 40.2 Å². The molecule has 6 nitrogen and oxygen atoms in total. The highest BCUT2D eigenvalue weighted by Gasteiger charge is 2.28. The minimum atomic E-state index is -3.94. The molecule has 1 aromatic heterocycles. The Morgan fingerprint density at radius 3 is 2.47 bits per heavy atom. The number of ether oxygens (including phenoxy) is 1. The van der Waals surface area contributed by atoms with Crippen molar-refractivity contribution in [2.45, 2.75) is 11.4 Å². The highest BCUT2D eigenvalue weighted by molar-refractivity contribution is 9.10. The van der Waals surface area contributed by atoms with E-state index in [2.05, 4.69) is 15.9 Å². The largest absolute Gasteiger partial charge is 0.497 e. The normalized spacial score (nSPS) is 11.9. The molecule has 0 aliphatic heterocycles. The summed E-state index contributed by atoms with van der Waals surface area (Å²) in [6, 6.07) is 12.0. The third-order valence-corrected chi connectivity index (χ3v) is 7.68. The monoisotopic (exact) mass is 511 g/mol. The molecule has 0 aliphatic carbocycles. The molecule has 30 heavy (non-hydrogen) atoms. The predicted molar refractivity (Wildman–Crippen MR) is 125 cm³/mol. The minimum absolute atomic E-state index is 0.133. The second-order valence-corrected chi connectivity index (χ2v) is 10.0. The zero-order valence-electron chi connectivity index (χ0n) is 17.1. The van der Waals surface area contributed by atoms with Crippen molar-refractivity contribution in [3.63, 3.8) is 0 Å². The summed E-state index contributed by atoms with van der Waals surface area (Å²) in [4.78, 5) is 3.92. The van der Waals surface area contributed by atoms with E-state index in [4.69, 9.17) is 16.3 Å². The molecule has 9 heteroatoms. The SMILES string of the molecule is COc1ccc(S(=O)(=O)n2c(CN(C)/C=C/N(C)C)c(Cl)c3ccccc32)c(Br)c1. The molecule has 2 aromatic carbocycles. The van der Waals surface area contributed by atoms with E-state index < -0.39 is 10.0 Å². The van der Waals surface area contributed by atoms with E-state index in [0.29, 0.717) is 38.4 Å². The van der Waals surface area contributed by atoms with Crippen LogP contribution in [0.25, 0.3) is 10.9 Å². The van der Waals surface area contributed by atoms with Gasteiger partial charge in [0.1, 0.15) is 10.6 Å². The Hall–Kier alpha value is -2.16. The molecule has 0 amide bonds. The Labute approximate surface area is 190 Å². The summed E-state index contributed by atoms with van der Waals surface area (Å²) in [6.45, 7) is 0.310. The van der Waals surface area contributed by atoms with Gasteiger partial charge in [0.25, 0.3) is 10.0 Å². The molecule has 0 unspecified atom stereocenters. The standard InChI is InChI=1S/C21H23BrClN3O3S/c1-24(2)11-12-25(3)14-19-21(23)16-7-5-6-8-18(16)26(19)30(27,28)20-10-9-15(29-4)13-17(20)22/h5-13H,14H2,1-4H3/b12-11+. The first-order chi connectivity index (χ1) is 14.2. The first-order valence-electron chi connectivity index (χ1n) is 9.08. The van der Waals surface area contributed by atoms with Gasteiger partial charge in [0.15, 0.2) is 0 Å². The van der Waals surface area contributed by atoms with Crippen molar-refractivity contribution in [3.05, 3.63) is 70.1 Å². The Kier molecular flexibility index (Phi) is 6.69. The number of hydrogen-bond acceptors (Lipinski definition) is 5. The van der Waals surface area contributed by atoms with Gasteiger partial charge >= 0.3 is 0 Å². The lowest BCUT2D eigenvalue weighted by atomic mass is 10.2. The molecule has 0 bridgehead atoms. The van der Waals surface area contributed by atoms with Crippen molar-refractivity contribution in [3.8, 4) is 5.75 Å². The van der Waals surface area contributed by atoms with Crippen LogP contribution in [0.4, 0.5) is 0 Å². The van der Waals surface area contributed by atoms with Crippen LogP contribution in [-0.4, -0.2) is 50.4 Å². The molecular formula is C21H23BrClN3O3S. The second-order valence-electron chi connectivity index (χ2n) is 7.02. The maximum atomic E-state index is 13.7. The van der Waals surface area contributed by atoms with Gasteiger partial charge in [0.05, 0.1) is 29.9 Å². The van der Waals surface area contributed by atoms with Crippen LogP contribution in [0.2, 0.25) is 5.02 Å². The Morgan fingerprint density at radius 2 is 1.83 bits per heavy atom. The second kappa shape index (κ2) is 8.91. The summed E-state index contributed by atoms with van der Waals surface area (Å²) in [5, 5.41) is 1.11. The van der Waals surface area contributed by atoms with Gasteiger partial charge in [-0.2, -0.15) is 0 Å². The number of nitrogens with zero attached hydrogens (tertiary/aromatic N) is 3. The maximum absolute atomic E-state index is 13.7. The zero-order valence-corrected chi connectivity index (χ0v) is 20.3. The highest BCUT2D eigenvalue weighted by Crippen LogP contribution is 2.36. The molecule has 0 aliphatic rings. The maximum Gasteiger partial charge on any atom is 0.269 e. The van der Waals surface area contributed by atoms with E-state index in [1.165, 1.54) is 17.1 Å². The van der Waals surface area contributed by atoms with Gasteiger partial charge in [-0.1, -0.05) is 29.8 Å². The molecule has 3 aromatic rings. The van der Waals surface area contributed by atoms with Crippen LogP contribution in [0.3, 0.4) is 0 Å². The fourth-order valence-electron chi connectivity index (χ4n) is 3.09. The quantitative estimate of drug-likeness (QED) is 0.457. The lowest BCUT2D eigenvalue weighted by Gasteiger charge is -2.19. The molecule has 0 saturated heterocycles. The third kappa shape index (κ3) is 4.31. The number of aromatic nitrogens is 1. The molecule has 3 rings (SSSR count). The van der Waals surface area contributed by atoms with E-state index >= 15 is 0 Å². The van der Waals surface area contributed by atoms with Crippen molar-refractivity contribution in [1.29, 1.82) is 0 Å². The zero-order chi connectivity index (χ0) is 22.1. The summed E-state index contributed by atoms with van der Waals surface area (Å²) in [5.41, 5.74) is 1.02. The van der Waals surface area contributed by atoms with E-state index in [1.54, 1.807) is 24.3 Å². The highest BCUT2D eigenvalue weighted by atomic mass is 79.9. The number of benzene rings is 2. The average molecular weight is 513 g/mol. The molecule has 160 valence electrons. The number of methoxy groups -OCH3 is 1.